The van der Waals surface area contributed by atoms with Gasteiger partial charge in [0, 0.05) is 29.2 Å². The van der Waals surface area contributed by atoms with E-state index >= 15 is 0 Å². The van der Waals surface area contributed by atoms with E-state index in [2.05, 4.69) is 4.98 Å². The molecule has 8 nitrogen and oxygen atoms in total. The zero-order valence-corrected chi connectivity index (χ0v) is 21.9. The molecule has 204 valence electrons. The van der Waals surface area contributed by atoms with Gasteiger partial charge in [0.25, 0.3) is 0 Å². The van der Waals surface area contributed by atoms with Crippen molar-refractivity contribution in [1.82, 2.24) is 4.98 Å². The van der Waals surface area contributed by atoms with Gasteiger partial charge in [-0.2, -0.15) is 0 Å². The molecule has 3 heterocycles. The number of pyridine rings is 1. The number of carbonyl (C=O) groups is 2. The summed E-state index contributed by atoms with van der Waals surface area (Å²) in [5.41, 5.74) is 4.03. The average Bonchev–Trinajstić information content (AvgIpc) is 3.45. The minimum Gasteiger partial charge on any atom is -0.459 e. The summed E-state index contributed by atoms with van der Waals surface area (Å²) in [4.78, 5) is 31.7. The molecule has 2 aliphatic carbocycles. The molecule has 2 aromatic heterocycles. The summed E-state index contributed by atoms with van der Waals surface area (Å²) in [6.45, 7) is -0.443. The number of furan rings is 1. The van der Waals surface area contributed by atoms with Gasteiger partial charge in [0.2, 0.25) is 0 Å². The standard InChI is InChI=1S/C31H30BNO7/c34-16-19-14-24-29(31(37)23-6-2-1-5-22(23)30(24)36)25-15-32(38)40-27(28(19)25)11-8-18(26-7-3-4-12-33-26)13-20-9-10-21(17-35)39-20/h1-7,9-10,12-13,24-25,27,29,34-35,38H,8,11,14-17H2/b18-13-/t24-,25+,27-,29-/m1/s1. The Morgan fingerprint density at radius 1 is 0.975 bits per heavy atom. The maximum atomic E-state index is 13.7. The lowest BCUT2D eigenvalue weighted by atomic mass is 9.54. The van der Waals surface area contributed by atoms with Crippen LogP contribution in [0.15, 0.2) is 76.4 Å². The van der Waals surface area contributed by atoms with Crippen molar-refractivity contribution in [2.75, 3.05) is 6.61 Å². The maximum Gasteiger partial charge on any atom is 0.455 e. The van der Waals surface area contributed by atoms with Crippen LogP contribution in [0.2, 0.25) is 6.32 Å². The van der Waals surface area contributed by atoms with Crippen LogP contribution >= 0.6 is 0 Å². The fraction of sp³-hybridized carbons (Fsp3) is 0.323. The first kappa shape index (κ1) is 26.6. The highest BCUT2D eigenvalue weighted by molar-refractivity contribution is 6.43. The van der Waals surface area contributed by atoms with Crippen LogP contribution in [0.1, 0.15) is 57.2 Å². The SMILES string of the molecule is O=C1c2ccccc2C(=O)[C@@H]2CC(CO)=C3[C@@H](CC/C(=C/c4ccc(CO)o4)c4ccccn4)OB(O)C[C@@H]3[C@H]12. The van der Waals surface area contributed by atoms with E-state index < -0.39 is 31.0 Å². The van der Waals surface area contributed by atoms with E-state index in [1.165, 1.54) is 0 Å². The first-order chi connectivity index (χ1) is 19.5. The molecule has 1 saturated heterocycles. The Bertz CT molecular complexity index is 1490. The highest BCUT2D eigenvalue weighted by atomic mass is 16.5. The number of rotatable bonds is 7. The molecule has 4 atom stereocenters. The Balaban J connectivity index is 1.33. The molecule has 6 rings (SSSR count). The van der Waals surface area contributed by atoms with Crippen LogP contribution in [-0.2, 0) is 11.3 Å². The lowest BCUT2D eigenvalue weighted by molar-refractivity contribution is 0.0591. The Hall–Kier alpha value is -3.63. The number of hydrogen-bond acceptors (Lipinski definition) is 8. The minimum atomic E-state index is -1.10. The van der Waals surface area contributed by atoms with Gasteiger partial charge in [-0.05, 0) is 78.6 Å². The molecule has 1 aromatic carbocycles. The lowest BCUT2D eigenvalue weighted by Gasteiger charge is -2.47. The van der Waals surface area contributed by atoms with Crippen molar-refractivity contribution in [2.24, 2.45) is 17.8 Å². The summed E-state index contributed by atoms with van der Waals surface area (Å²) < 4.78 is 11.7. The number of benzene rings is 1. The third-order valence-corrected chi connectivity index (χ3v) is 8.38. The monoisotopic (exact) mass is 539 g/mol. The molecule has 3 aliphatic rings. The van der Waals surface area contributed by atoms with E-state index in [1.54, 1.807) is 42.6 Å². The predicted molar refractivity (Wildman–Crippen MR) is 148 cm³/mol. The number of hydrogen-bond donors (Lipinski definition) is 3. The van der Waals surface area contributed by atoms with Gasteiger partial charge in [-0.1, -0.05) is 30.3 Å². The van der Waals surface area contributed by atoms with Gasteiger partial charge >= 0.3 is 7.12 Å². The number of nitrogens with zero attached hydrogens (tertiary/aromatic N) is 1. The number of aromatic nitrogens is 1. The zero-order chi connectivity index (χ0) is 27.8. The number of carbonyl (C=O) groups excluding carboxylic acids is 2. The van der Waals surface area contributed by atoms with Gasteiger partial charge in [-0.25, -0.2) is 0 Å². The van der Waals surface area contributed by atoms with Crippen molar-refractivity contribution in [1.29, 1.82) is 0 Å². The highest BCUT2D eigenvalue weighted by Crippen LogP contribution is 2.51. The Morgan fingerprint density at radius 2 is 1.75 bits per heavy atom. The van der Waals surface area contributed by atoms with Crippen molar-refractivity contribution in [2.45, 2.75) is 38.3 Å². The van der Waals surface area contributed by atoms with Crippen LogP contribution in [0, 0.1) is 17.8 Å². The summed E-state index contributed by atoms with van der Waals surface area (Å²) in [5.74, 6) is -0.696. The van der Waals surface area contributed by atoms with Crippen LogP contribution in [-0.4, -0.2) is 51.6 Å². The fourth-order valence-corrected chi connectivity index (χ4v) is 6.66. The molecule has 9 heteroatoms. The summed E-state index contributed by atoms with van der Waals surface area (Å²) in [7, 11) is -1.10. The summed E-state index contributed by atoms with van der Waals surface area (Å²) in [5, 5.41) is 30.6. The first-order valence-corrected chi connectivity index (χ1v) is 13.6. The second kappa shape index (κ2) is 11.1. The zero-order valence-electron chi connectivity index (χ0n) is 21.9. The van der Waals surface area contributed by atoms with Crippen molar-refractivity contribution in [3.63, 3.8) is 0 Å². The summed E-state index contributed by atoms with van der Waals surface area (Å²) in [6, 6.07) is 16.0. The molecule has 1 fully saturated rings. The van der Waals surface area contributed by atoms with Crippen LogP contribution in [0.3, 0.4) is 0 Å². The Morgan fingerprint density at radius 3 is 2.45 bits per heavy atom. The van der Waals surface area contributed by atoms with Gasteiger partial charge in [0.15, 0.2) is 11.6 Å². The summed E-state index contributed by atoms with van der Waals surface area (Å²) in [6.07, 6.45) is 4.47. The quantitative estimate of drug-likeness (QED) is 0.304. The maximum absolute atomic E-state index is 13.7. The average molecular weight is 539 g/mol. The molecule has 0 unspecified atom stereocenters. The predicted octanol–water partition coefficient (Wildman–Crippen LogP) is 3.99. The minimum absolute atomic E-state index is 0.0798. The third-order valence-electron chi connectivity index (χ3n) is 8.38. The van der Waals surface area contributed by atoms with Crippen LogP contribution in [0.25, 0.3) is 11.6 Å². The smallest absolute Gasteiger partial charge is 0.455 e. The number of allylic oxidation sites excluding steroid dienone is 1. The highest BCUT2D eigenvalue weighted by Gasteiger charge is 2.53. The second-order valence-corrected chi connectivity index (χ2v) is 10.6. The van der Waals surface area contributed by atoms with Crippen LogP contribution < -0.4 is 0 Å². The van der Waals surface area contributed by atoms with Gasteiger partial charge < -0.3 is 24.3 Å². The molecule has 3 N–H and O–H groups in total. The topological polar surface area (TPSA) is 130 Å². The largest absolute Gasteiger partial charge is 0.459 e. The summed E-state index contributed by atoms with van der Waals surface area (Å²) >= 11 is 0. The van der Waals surface area contributed by atoms with E-state index in [0.717, 1.165) is 16.8 Å². The fourth-order valence-electron chi connectivity index (χ4n) is 6.66. The Labute approximate surface area is 232 Å². The van der Waals surface area contributed by atoms with Gasteiger partial charge in [0.05, 0.1) is 18.4 Å². The third kappa shape index (κ3) is 4.79. The molecule has 0 bridgehead atoms. The first-order valence-electron chi connectivity index (χ1n) is 13.6. The van der Waals surface area contributed by atoms with E-state index in [9.17, 15) is 24.8 Å². The molecular formula is C31H30BNO7. The molecule has 1 aliphatic heterocycles. The molecule has 40 heavy (non-hydrogen) atoms. The number of aliphatic hydroxyl groups is 2. The molecule has 0 spiro atoms. The normalized spacial score (nSPS) is 24.6. The van der Waals surface area contributed by atoms with Crippen molar-refractivity contribution in [3.05, 3.63) is 100 Å². The number of ketones is 2. The van der Waals surface area contributed by atoms with Gasteiger partial charge in [-0.3, -0.25) is 14.6 Å². The van der Waals surface area contributed by atoms with Crippen LogP contribution in [0.5, 0.6) is 0 Å². The van der Waals surface area contributed by atoms with Crippen LogP contribution in [0.4, 0.5) is 0 Å². The molecular weight excluding hydrogens is 509 g/mol. The Kier molecular flexibility index (Phi) is 7.38. The number of Topliss-reactive ketones (excluding diaryl/α,β-unsaturated/α-hetero) is 2. The van der Waals surface area contributed by atoms with Gasteiger partial charge in [-0.15, -0.1) is 0 Å². The van der Waals surface area contributed by atoms with Gasteiger partial charge in [0.1, 0.15) is 18.1 Å². The van der Waals surface area contributed by atoms with Crippen molar-refractivity contribution < 1.29 is 33.9 Å². The van der Waals surface area contributed by atoms with E-state index in [0.29, 0.717) is 47.5 Å². The van der Waals surface area contributed by atoms with E-state index in [4.69, 9.17) is 9.07 Å². The molecule has 0 saturated carbocycles. The van der Waals surface area contributed by atoms with Crippen molar-refractivity contribution in [3.8, 4) is 0 Å². The number of aliphatic hydroxyl groups excluding tert-OH is 2. The van der Waals surface area contributed by atoms with Crippen molar-refractivity contribution >= 4 is 30.3 Å². The molecule has 0 amide bonds. The van der Waals surface area contributed by atoms with E-state index in [1.807, 2.05) is 24.3 Å². The van der Waals surface area contributed by atoms with E-state index in [-0.39, 0.29) is 31.1 Å². The molecule has 3 aromatic rings. The second-order valence-electron chi connectivity index (χ2n) is 10.6. The lowest BCUT2D eigenvalue weighted by Crippen LogP contribution is -2.51. The number of fused-ring (bicyclic) bond motifs is 4. The molecule has 0 radical (unpaired) electrons.